The molecular formula is C32H32ClN3O4S. The summed E-state index contributed by atoms with van der Waals surface area (Å²) in [5.41, 5.74) is 3.01. The number of aliphatic hydroxyl groups is 1. The summed E-state index contributed by atoms with van der Waals surface area (Å²) in [7, 11) is 0. The summed E-state index contributed by atoms with van der Waals surface area (Å²) >= 11 is 8.07. The molecule has 3 saturated heterocycles. The normalized spacial score (nSPS) is 27.0. The third kappa shape index (κ3) is 4.72. The van der Waals surface area contributed by atoms with Gasteiger partial charge in [0.25, 0.3) is 0 Å². The van der Waals surface area contributed by atoms with Crippen LogP contribution >= 0.6 is 23.4 Å². The van der Waals surface area contributed by atoms with Crippen LogP contribution in [0.15, 0.2) is 78.9 Å². The summed E-state index contributed by atoms with van der Waals surface area (Å²) in [4.78, 5) is 44.0. The van der Waals surface area contributed by atoms with Crippen LogP contribution in [0.5, 0.6) is 0 Å². The number of carbonyl (C=O) groups excluding carboxylic acids is 3. The molecule has 3 N–H and O–H groups in total. The van der Waals surface area contributed by atoms with Crippen molar-refractivity contribution in [2.75, 3.05) is 11.9 Å². The maximum absolute atomic E-state index is 14.5. The van der Waals surface area contributed by atoms with Crippen molar-refractivity contribution < 1.29 is 19.5 Å². The number of likely N-dealkylation sites (tertiary alicyclic amines) is 1. The Hall–Kier alpha value is -3.33. The van der Waals surface area contributed by atoms with E-state index < -0.39 is 28.7 Å². The van der Waals surface area contributed by atoms with Gasteiger partial charge in [-0.3, -0.25) is 14.4 Å². The third-order valence-electron chi connectivity index (χ3n) is 8.76. The second kappa shape index (κ2) is 11.2. The van der Waals surface area contributed by atoms with Crippen molar-refractivity contribution in [1.29, 1.82) is 0 Å². The number of carbonyl (C=O) groups is 3. The molecule has 0 aliphatic carbocycles. The van der Waals surface area contributed by atoms with Crippen LogP contribution < -0.4 is 10.6 Å². The van der Waals surface area contributed by atoms with Crippen LogP contribution in [0.25, 0.3) is 0 Å². The fourth-order valence-electron chi connectivity index (χ4n) is 6.94. The molecule has 3 aromatic carbocycles. The van der Waals surface area contributed by atoms with Gasteiger partial charge in [0.15, 0.2) is 0 Å². The molecule has 0 saturated carbocycles. The van der Waals surface area contributed by atoms with Gasteiger partial charge >= 0.3 is 0 Å². The van der Waals surface area contributed by atoms with E-state index in [1.54, 1.807) is 22.7 Å². The number of benzene rings is 3. The number of nitrogens with one attached hydrogen (secondary N) is 2. The highest BCUT2D eigenvalue weighted by atomic mass is 35.5. The molecule has 3 aromatic rings. The van der Waals surface area contributed by atoms with Crippen molar-refractivity contribution in [1.82, 2.24) is 10.2 Å². The van der Waals surface area contributed by atoms with E-state index in [9.17, 15) is 19.5 Å². The maximum atomic E-state index is 14.5. The number of para-hydroxylation sites is 1. The van der Waals surface area contributed by atoms with Crippen molar-refractivity contribution in [3.63, 3.8) is 0 Å². The number of amides is 3. The Kier molecular flexibility index (Phi) is 7.57. The summed E-state index contributed by atoms with van der Waals surface area (Å²) in [5, 5.41) is 17.0. The summed E-state index contributed by atoms with van der Waals surface area (Å²) in [6, 6.07) is 22.7. The molecule has 3 heterocycles. The second-order valence-electron chi connectivity index (χ2n) is 11.0. The van der Waals surface area contributed by atoms with Crippen LogP contribution in [0.3, 0.4) is 0 Å². The van der Waals surface area contributed by atoms with Gasteiger partial charge in [0.2, 0.25) is 17.7 Å². The molecule has 0 radical (unpaired) electrons. The van der Waals surface area contributed by atoms with Gasteiger partial charge in [-0.15, -0.1) is 11.8 Å². The van der Waals surface area contributed by atoms with E-state index in [1.807, 2.05) is 79.7 Å². The van der Waals surface area contributed by atoms with E-state index >= 15 is 0 Å². The molecule has 212 valence electrons. The average molecular weight is 590 g/mol. The number of fused-ring (bicyclic) bond motifs is 1. The lowest BCUT2D eigenvalue weighted by Crippen LogP contribution is -2.52. The lowest BCUT2D eigenvalue weighted by atomic mass is 9.70. The minimum atomic E-state index is -0.894. The predicted molar refractivity (Wildman–Crippen MR) is 160 cm³/mol. The van der Waals surface area contributed by atoms with Crippen molar-refractivity contribution in [3.05, 3.63) is 101 Å². The number of aryl methyl sites for hydroxylation is 1. The fourth-order valence-corrected chi connectivity index (χ4v) is 9.42. The highest BCUT2D eigenvalue weighted by molar-refractivity contribution is 8.02. The average Bonchev–Trinajstić information content (AvgIpc) is 3.63. The minimum absolute atomic E-state index is 0.0662. The number of anilines is 1. The van der Waals surface area contributed by atoms with Crippen molar-refractivity contribution in [2.24, 2.45) is 11.8 Å². The van der Waals surface area contributed by atoms with E-state index in [-0.39, 0.29) is 29.6 Å². The number of halogens is 1. The Morgan fingerprint density at radius 2 is 1.76 bits per heavy atom. The molecule has 3 aliphatic heterocycles. The number of thioether (sulfide) groups is 1. The molecule has 6 atom stereocenters. The molecule has 41 heavy (non-hydrogen) atoms. The van der Waals surface area contributed by atoms with E-state index in [0.29, 0.717) is 23.7 Å². The molecule has 3 aliphatic rings. The largest absolute Gasteiger partial charge is 0.394 e. The molecular weight excluding hydrogens is 558 g/mol. The minimum Gasteiger partial charge on any atom is -0.394 e. The van der Waals surface area contributed by atoms with E-state index in [1.165, 1.54) is 0 Å². The highest BCUT2D eigenvalue weighted by Gasteiger charge is 2.74. The van der Waals surface area contributed by atoms with Gasteiger partial charge in [-0.2, -0.15) is 0 Å². The van der Waals surface area contributed by atoms with E-state index in [0.717, 1.165) is 23.1 Å². The number of hydrogen-bond acceptors (Lipinski definition) is 5. The van der Waals surface area contributed by atoms with Crippen LogP contribution in [-0.4, -0.2) is 50.4 Å². The van der Waals surface area contributed by atoms with Gasteiger partial charge < -0.3 is 20.6 Å². The topological polar surface area (TPSA) is 98.7 Å². The molecule has 0 aromatic heterocycles. The van der Waals surface area contributed by atoms with E-state index in [4.69, 9.17) is 11.6 Å². The quantitative estimate of drug-likeness (QED) is 0.353. The van der Waals surface area contributed by atoms with Gasteiger partial charge in [-0.05, 0) is 42.5 Å². The summed E-state index contributed by atoms with van der Waals surface area (Å²) < 4.78 is -0.794. The van der Waals surface area contributed by atoms with Crippen molar-refractivity contribution >= 4 is 46.8 Å². The molecule has 2 unspecified atom stereocenters. The first-order chi connectivity index (χ1) is 19.9. The number of aliphatic hydroxyl groups excluding tert-OH is 1. The lowest BCUT2D eigenvalue weighted by Gasteiger charge is -2.37. The number of nitrogens with zero attached hydrogens (tertiary/aromatic N) is 1. The summed E-state index contributed by atoms with van der Waals surface area (Å²) in [6.07, 6.45) is 1.36. The van der Waals surface area contributed by atoms with Gasteiger partial charge in [0.1, 0.15) is 6.04 Å². The van der Waals surface area contributed by atoms with E-state index in [2.05, 4.69) is 10.6 Å². The van der Waals surface area contributed by atoms with Crippen LogP contribution in [0.2, 0.25) is 5.02 Å². The summed E-state index contributed by atoms with van der Waals surface area (Å²) in [5.74, 6) is -2.04. The van der Waals surface area contributed by atoms with Crippen molar-refractivity contribution in [3.8, 4) is 0 Å². The highest BCUT2D eigenvalue weighted by Crippen LogP contribution is 2.67. The summed E-state index contributed by atoms with van der Waals surface area (Å²) in [6.45, 7) is 1.88. The van der Waals surface area contributed by atoms with Crippen LogP contribution in [0.4, 0.5) is 5.69 Å². The van der Waals surface area contributed by atoms with Crippen LogP contribution in [0, 0.1) is 18.8 Å². The standard InChI is InChI=1S/C32H32ClN3O4S/c1-19-9-8-14-22(33)27(19)35-30(39)28-32-16-15-24(41-32)25(29(38)34-17-20-10-4-2-5-11-20)26(32)31(40)36(28)23(18-37)21-12-6-3-7-13-21/h2-14,23-26,28,37H,15-18H2,1H3,(H,34,38)(H,35,39)/t23-,24-,25+,26+,28?,32?/m1/s1. The Labute approximate surface area is 248 Å². The Morgan fingerprint density at radius 1 is 1.05 bits per heavy atom. The van der Waals surface area contributed by atoms with Crippen LogP contribution in [-0.2, 0) is 20.9 Å². The first-order valence-corrected chi connectivity index (χ1v) is 15.1. The zero-order valence-corrected chi connectivity index (χ0v) is 24.2. The predicted octanol–water partition coefficient (Wildman–Crippen LogP) is 4.73. The van der Waals surface area contributed by atoms with Crippen molar-refractivity contribution in [2.45, 2.75) is 48.4 Å². The molecule has 3 fully saturated rings. The zero-order chi connectivity index (χ0) is 28.7. The van der Waals surface area contributed by atoms with Gasteiger partial charge in [0.05, 0.1) is 39.9 Å². The monoisotopic (exact) mass is 589 g/mol. The SMILES string of the molecule is Cc1cccc(Cl)c1NC(=O)C1N([C@H](CO)c2ccccc2)C(=O)[C@@H]2[C@@H](C(=O)NCc3ccccc3)[C@H]3CCC12S3. The Balaban J connectivity index is 1.38. The smallest absolute Gasteiger partial charge is 0.248 e. The van der Waals surface area contributed by atoms with Crippen LogP contribution in [0.1, 0.15) is 35.6 Å². The molecule has 9 heteroatoms. The maximum Gasteiger partial charge on any atom is 0.248 e. The Morgan fingerprint density at radius 3 is 2.44 bits per heavy atom. The van der Waals surface area contributed by atoms with Gasteiger partial charge in [-0.1, -0.05) is 84.4 Å². The molecule has 1 spiro atoms. The second-order valence-corrected chi connectivity index (χ2v) is 13.0. The molecule has 2 bridgehead atoms. The van der Waals surface area contributed by atoms with Gasteiger partial charge in [-0.25, -0.2) is 0 Å². The molecule has 3 amide bonds. The first-order valence-electron chi connectivity index (χ1n) is 13.9. The Bertz CT molecular complexity index is 1450. The third-order valence-corrected chi connectivity index (χ3v) is 11.0. The zero-order valence-electron chi connectivity index (χ0n) is 22.6. The van der Waals surface area contributed by atoms with Gasteiger partial charge in [0, 0.05) is 11.8 Å². The molecule has 6 rings (SSSR count). The molecule has 7 nitrogen and oxygen atoms in total. The number of rotatable bonds is 8. The fraction of sp³-hybridized carbons (Fsp3) is 0.344. The number of hydrogen-bond donors (Lipinski definition) is 3. The first kappa shape index (κ1) is 27.8. The lowest BCUT2D eigenvalue weighted by molar-refractivity contribution is -0.142.